The lowest BCUT2D eigenvalue weighted by atomic mass is 9.96. The summed E-state index contributed by atoms with van der Waals surface area (Å²) in [7, 11) is 3.82. The van der Waals surface area contributed by atoms with Gasteiger partial charge < -0.3 is 24.6 Å². The van der Waals surface area contributed by atoms with Gasteiger partial charge in [0.1, 0.15) is 17.3 Å². The number of carbonyl (C=O) groups is 1. The first-order valence-corrected chi connectivity index (χ1v) is 12.5. The number of likely N-dealkylation sites (tertiary alicyclic amines) is 2. The van der Waals surface area contributed by atoms with Gasteiger partial charge in [-0.15, -0.1) is 0 Å². The van der Waals surface area contributed by atoms with Gasteiger partial charge in [0.2, 0.25) is 5.96 Å². The lowest BCUT2D eigenvalue weighted by Crippen LogP contribution is -2.52. The van der Waals surface area contributed by atoms with Crippen molar-refractivity contribution in [2.75, 3.05) is 32.0 Å². The minimum atomic E-state index is -4.46. The SMILES string of the molecule is CC1CCCN1C1=NC(Nc2cc(C(F)(F)F)ccn2)=CC(C2CCN(C(=O)c3cn(C)cn3)C2)N1C. The maximum atomic E-state index is 13.3. The van der Waals surface area contributed by atoms with Gasteiger partial charge in [-0.1, -0.05) is 0 Å². The Morgan fingerprint density at radius 2 is 1.97 bits per heavy atom. The zero-order valence-electron chi connectivity index (χ0n) is 21.1. The second kappa shape index (κ2) is 9.71. The monoisotopic (exact) mass is 516 g/mol. The number of aliphatic imine (C=N–C) groups is 1. The summed E-state index contributed by atoms with van der Waals surface area (Å²) in [5.41, 5.74) is -0.353. The molecule has 0 aromatic carbocycles. The van der Waals surface area contributed by atoms with Gasteiger partial charge in [0.05, 0.1) is 17.9 Å². The molecule has 1 N–H and O–H groups in total. The number of carbonyl (C=O) groups excluding carboxylic acids is 1. The Bertz CT molecular complexity index is 1220. The van der Waals surface area contributed by atoms with E-state index in [9.17, 15) is 18.0 Å². The van der Waals surface area contributed by atoms with Crippen LogP contribution in [0.25, 0.3) is 0 Å². The quantitative estimate of drug-likeness (QED) is 0.671. The number of rotatable bonds is 4. The van der Waals surface area contributed by atoms with Crippen LogP contribution in [0.1, 0.15) is 42.2 Å². The van der Waals surface area contributed by atoms with Crippen molar-refractivity contribution in [1.29, 1.82) is 0 Å². The van der Waals surface area contributed by atoms with E-state index in [1.165, 1.54) is 0 Å². The van der Waals surface area contributed by atoms with E-state index in [-0.39, 0.29) is 23.7 Å². The molecular weight excluding hydrogens is 485 g/mol. The van der Waals surface area contributed by atoms with Crippen LogP contribution in [0.3, 0.4) is 0 Å². The maximum Gasteiger partial charge on any atom is 0.416 e. The molecule has 1 amide bonds. The smallest absolute Gasteiger partial charge is 0.340 e. The predicted octanol–water partition coefficient (Wildman–Crippen LogP) is 3.40. The van der Waals surface area contributed by atoms with Crippen LogP contribution in [0, 0.1) is 5.92 Å². The highest BCUT2D eigenvalue weighted by atomic mass is 19.4. The Morgan fingerprint density at radius 1 is 1.16 bits per heavy atom. The summed E-state index contributed by atoms with van der Waals surface area (Å²) < 4.78 is 41.5. The highest BCUT2D eigenvalue weighted by Crippen LogP contribution is 2.33. The van der Waals surface area contributed by atoms with Crippen molar-refractivity contribution in [2.24, 2.45) is 18.0 Å². The number of aryl methyl sites for hydroxylation is 1. The molecule has 2 aromatic rings. The van der Waals surface area contributed by atoms with E-state index in [4.69, 9.17) is 4.99 Å². The largest absolute Gasteiger partial charge is 0.416 e. The molecule has 5 rings (SSSR count). The molecule has 3 unspecified atom stereocenters. The maximum absolute atomic E-state index is 13.3. The number of amides is 1. The first-order chi connectivity index (χ1) is 17.6. The molecule has 3 aliphatic rings. The fourth-order valence-corrected chi connectivity index (χ4v) is 5.39. The second-order valence-corrected chi connectivity index (χ2v) is 10.0. The number of anilines is 1. The van der Waals surface area contributed by atoms with Gasteiger partial charge in [-0.05, 0) is 44.4 Å². The summed E-state index contributed by atoms with van der Waals surface area (Å²) in [6, 6.07) is 2.14. The van der Waals surface area contributed by atoms with Crippen LogP contribution in [-0.4, -0.2) is 79.9 Å². The number of pyridine rings is 1. The van der Waals surface area contributed by atoms with E-state index in [0.29, 0.717) is 30.6 Å². The van der Waals surface area contributed by atoms with Gasteiger partial charge in [0.25, 0.3) is 5.91 Å². The molecule has 9 nitrogen and oxygen atoms in total. The molecule has 198 valence electrons. The normalized spacial score (nSPS) is 24.4. The van der Waals surface area contributed by atoms with Gasteiger partial charge >= 0.3 is 6.18 Å². The number of imidazole rings is 1. The molecule has 2 aromatic heterocycles. The number of aromatic nitrogens is 3. The first-order valence-electron chi connectivity index (χ1n) is 12.5. The van der Waals surface area contributed by atoms with Crippen LogP contribution < -0.4 is 5.32 Å². The van der Waals surface area contributed by atoms with Crippen molar-refractivity contribution in [1.82, 2.24) is 29.2 Å². The number of halogens is 3. The summed E-state index contributed by atoms with van der Waals surface area (Å²) in [5.74, 6) is 1.34. The lowest BCUT2D eigenvalue weighted by Gasteiger charge is -2.40. The van der Waals surface area contributed by atoms with Crippen LogP contribution in [0.15, 0.2) is 47.7 Å². The van der Waals surface area contributed by atoms with Gasteiger partial charge in [-0.3, -0.25) is 4.79 Å². The van der Waals surface area contributed by atoms with Crippen molar-refractivity contribution < 1.29 is 18.0 Å². The molecule has 0 bridgehead atoms. The Labute approximate surface area is 213 Å². The van der Waals surface area contributed by atoms with Gasteiger partial charge in [0.15, 0.2) is 0 Å². The Balaban J connectivity index is 1.40. The molecule has 2 saturated heterocycles. The topological polar surface area (TPSA) is 81.9 Å². The third kappa shape index (κ3) is 5.14. The molecule has 2 fully saturated rings. The summed E-state index contributed by atoms with van der Waals surface area (Å²) >= 11 is 0. The molecule has 12 heteroatoms. The van der Waals surface area contributed by atoms with Crippen LogP contribution >= 0.6 is 0 Å². The molecule has 37 heavy (non-hydrogen) atoms. The van der Waals surface area contributed by atoms with Crippen LogP contribution in [0.2, 0.25) is 0 Å². The zero-order chi connectivity index (χ0) is 26.3. The lowest BCUT2D eigenvalue weighted by molar-refractivity contribution is -0.137. The standard InChI is InChI=1S/C25H31F3N8O/c1-16-5-4-9-36(16)24-32-22(31-21-11-18(6-8-29-21)25(26,27)28)12-20(34(24)3)17-7-10-35(13-17)23(37)19-14-33(2)15-30-19/h6,8,11-12,14-17,20H,4-5,7,9-10,13H2,1-3H3,(H,29,31). The second-order valence-electron chi connectivity index (χ2n) is 10.0. The number of hydrogen-bond acceptors (Lipinski definition) is 7. The van der Waals surface area contributed by atoms with Crippen LogP contribution in [-0.2, 0) is 13.2 Å². The van der Waals surface area contributed by atoms with Crippen LogP contribution in [0.4, 0.5) is 19.0 Å². The molecule has 5 heterocycles. The third-order valence-electron chi connectivity index (χ3n) is 7.38. The number of nitrogens with one attached hydrogen (secondary N) is 1. The van der Waals surface area contributed by atoms with Crippen molar-refractivity contribution in [2.45, 2.75) is 44.4 Å². The summed E-state index contributed by atoms with van der Waals surface area (Å²) in [4.78, 5) is 32.3. The van der Waals surface area contributed by atoms with Gasteiger partial charge in [-0.25, -0.2) is 9.97 Å². The van der Waals surface area contributed by atoms with E-state index in [2.05, 4.69) is 32.0 Å². The molecule has 3 atom stereocenters. The molecule has 0 spiro atoms. The Hall–Kier alpha value is -3.57. The third-order valence-corrected chi connectivity index (χ3v) is 7.38. The molecular formula is C25H31F3N8O. The summed E-state index contributed by atoms with van der Waals surface area (Å²) in [5, 5.41) is 3.01. The van der Waals surface area contributed by atoms with E-state index >= 15 is 0 Å². The molecule has 0 saturated carbocycles. The number of likely N-dealkylation sites (N-methyl/N-ethyl adjacent to an activating group) is 1. The highest BCUT2D eigenvalue weighted by Gasteiger charge is 2.39. The van der Waals surface area contributed by atoms with Crippen molar-refractivity contribution in [3.05, 3.63) is 54.0 Å². The fraction of sp³-hybridized carbons (Fsp3) is 0.520. The summed E-state index contributed by atoms with van der Waals surface area (Å²) in [6.07, 6.45) is 4.84. The summed E-state index contributed by atoms with van der Waals surface area (Å²) in [6.45, 7) is 4.18. The van der Waals surface area contributed by atoms with E-state index in [1.807, 2.05) is 25.1 Å². The number of guanidine groups is 1. The number of hydrogen-bond donors (Lipinski definition) is 1. The average molecular weight is 517 g/mol. The minimum Gasteiger partial charge on any atom is -0.340 e. The Kier molecular flexibility index (Phi) is 6.59. The van der Waals surface area contributed by atoms with E-state index < -0.39 is 11.7 Å². The Morgan fingerprint density at radius 3 is 2.65 bits per heavy atom. The molecule has 0 radical (unpaired) electrons. The first kappa shape index (κ1) is 25.1. The molecule has 3 aliphatic heterocycles. The number of nitrogens with zero attached hydrogens (tertiary/aromatic N) is 7. The predicted molar refractivity (Wildman–Crippen MR) is 133 cm³/mol. The van der Waals surface area contributed by atoms with Crippen LogP contribution in [0.5, 0.6) is 0 Å². The van der Waals surface area contributed by atoms with Gasteiger partial charge in [-0.2, -0.15) is 18.2 Å². The minimum absolute atomic E-state index is 0.0836. The van der Waals surface area contributed by atoms with E-state index in [0.717, 1.165) is 50.1 Å². The van der Waals surface area contributed by atoms with Gasteiger partial charge in [0, 0.05) is 58.1 Å². The highest BCUT2D eigenvalue weighted by molar-refractivity contribution is 5.92. The number of alkyl halides is 3. The van der Waals surface area contributed by atoms with Crippen molar-refractivity contribution in [3.8, 4) is 0 Å². The van der Waals surface area contributed by atoms with Crippen molar-refractivity contribution in [3.63, 3.8) is 0 Å². The zero-order valence-corrected chi connectivity index (χ0v) is 21.1. The average Bonchev–Trinajstić information content (AvgIpc) is 3.61. The van der Waals surface area contributed by atoms with E-state index in [1.54, 1.807) is 17.1 Å². The van der Waals surface area contributed by atoms with Crippen molar-refractivity contribution >= 4 is 17.7 Å². The molecule has 0 aliphatic carbocycles. The fourth-order valence-electron chi connectivity index (χ4n) is 5.39.